The molecule has 1 rings (SSSR count). The van der Waals surface area contributed by atoms with E-state index in [9.17, 15) is 0 Å². The number of ether oxygens (including phenoxy) is 2. The fraction of sp³-hybridized carbons (Fsp3) is 1.00. The SMILES string of the molecule is CCCC1(CCC)CC(Br)(Br)C1(OC)OC. The van der Waals surface area contributed by atoms with Gasteiger partial charge in [0, 0.05) is 19.6 Å². The van der Waals surface area contributed by atoms with Gasteiger partial charge in [-0.2, -0.15) is 0 Å². The highest BCUT2D eigenvalue weighted by atomic mass is 79.9. The van der Waals surface area contributed by atoms with Crippen LogP contribution in [-0.4, -0.2) is 23.2 Å². The van der Waals surface area contributed by atoms with E-state index in [0.717, 1.165) is 32.1 Å². The zero-order valence-corrected chi connectivity index (χ0v) is 13.8. The molecular formula is C12H22Br2O2. The Bertz CT molecular complexity index is 231. The topological polar surface area (TPSA) is 18.5 Å². The first-order valence-corrected chi connectivity index (χ1v) is 7.52. The van der Waals surface area contributed by atoms with Crippen LogP contribution in [0.4, 0.5) is 0 Å². The summed E-state index contributed by atoms with van der Waals surface area (Å²) in [4.78, 5) is 0. The number of rotatable bonds is 6. The number of hydrogen-bond donors (Lipinski definition) is 0. The molecule has 0 radical (unpaired) electrons. The summed E-state index contributed by atoms with van der Waals surface area (Å²) in [6, 6.07) is 0. The van der Waals surface area contributed by atoms with Crippen LogP contribution in [0.5, 0.6) is 0 Å². The van der Waals surface area contributed by atoms with Gasteiger partial charge in [-0.1, -0.05) is 58.5 Å². The molecule has 0 aromatic heterocycles. The van der Waals surface area contributed by atoms with Crippen molar-refractivity contribution in [1.82, 2.24) is 0 Å². The van der Waals surface area contributed by atoms with E-state index in [1.807, 2.05) is 0 Å². The maximum absolute atomic E-state index is 5.74. The van der Waals surface area contributed by atoms with Crippen molar-refractivity contribution < 1.29 is 9.47 Å². The van der Waals surface area contributed by atoms with Gasteiger partial charge in [0.2, 0.25) is 0 Å². The summed E-state index contributed by atoms with van der Waals surface area (Å²) in [7, 11) is 3.47. The Balaban J connectivity index is 3.02. The largest absolute Gasteiger partial charge is 0.351 e. The van der Waals surface area contributed by atoms with Crippen molar-refractivity contribution in [2.45, 2.75) is 55.0 Å². The predicted molar refractivity (Wildman–Crippen MR) is 74.2 cm³/mol. The molecule has 1 fully saturated rings. The highest BCUT2D eigenvalue weighted by molar-refractivity contribution is 9.25. The van der Waals surface area contributed by atoms with E-state index >= 15 is 0 Å². The number of methoxy groups -OCH3 is 2. The lowest BCUT2D eigenvalue weighted by Crippen LogP contribution is -2.72. The molecule has 1 aliphatic rings. The van der Waals surface area contributed by atoms with Gasteiger partial charge in [-0.25, -0.2) is 0 Å². The minimum atomic E-state index is -0.550. The maximum Gasteiger partial charge on any atom is 0.198 e. The normalized spacial score (nSPS) is 25.1. The van der Waals surface area contributed by atoms with Crippen LogP contribution in [0.15, 0.2) is 0 Å². The maximum atomic E-state index is 5.74. The average molecular weight is 358 g/mol. The van der Waals surface area contributed by atoms with E-state index in [2.05, 4.69) is 45.7 Å². The molecule has 0 N–H and O–H groups in total. The van der Waals surface area contributed by atoms with Gasteiger partial charge >= 0.3 is 0 Å². The van der Waals surface area contributed by atoms with Gasteiger partial charge in [-0.15, -0.1) is 0 Å². The standard InChI is InChI=1S/C12H22Br2O2/c1-5-7-10(8-6-2)9-11(13,14)12(10,15-3)16-4/h5-9H2,1-4H3. The van der Waals surface area contributed by atoms with Crippen molar-refractivity contribution in [2.24, 2.45) is 5.41 Å². The van der Waals surface area contributed by atoms with Crippen LogP contribution in [-0.2, 0) is 9.47 Å². The molecule has 0 amide bonds. The minimum absolute atomic E-state index is 0.132. The lowest BCUT2D eigenvalue weighted by molar-refractivity contribution is -0.334. The molecule has 0 aliphatic heterocycles. The Labute approximate surface area is 116 Å². The summed E-state index contributed by atoms with van der Waals surface area (Å²) in [5.74, 6) is -0.550. The van der Waals surface area contributed by atoms with Crippen molar-refractivity contribution in [3.8, 4) is 0 Å². The molecule has 0 bridgehead atoms. The monoisotopic (exact) mass is 356 g/mol. The Morgan fingerprint density at radius 2 is 1.44 bits per heavy atom. The summed E-state index contributed by atoms with van der Waals surface area (Å²) >= 11 is 7.38. The average Bonchev–Trinajstić information content (AvgIpc) is 2.19. The second-order valence-corrected chi connectivity index (χ2v) is 8.46. The van der Waals surface area contributed by atoms with E-state index in [-0.39, 0.29) is 8.65 Å². The molecule has 0 unspecified atom stereocenters. The van der Waals surface area contributed by atoms with E-state index < -0.39 is 5.79 Å². The fourth-order valence-corrected chi connectivity index (χ4v) is 5.90. The van der Waals surface area contributed by atoms with E-state index in [0.29, 0.717) is 0 Å². The minimum Gasteiger partial charge on any atom is -0.351 e. The van der Waals surface area contributed by atoms with Crippen molar-refractivity contribution in [3.05, 3.63) is 0 Å². The summed E-state index contributed by atoms with van der Waals surface area (Å²) in [5, 5.41) is 0. The third-order valence-corrected chi connectivity index (χ3v) is 5.38. The summed E-state index contributed by atoms with van der Waals surface area (Å²) in [6.07, 6.45) is 5.64. The molecule has 0 saturated heterocycles. The van der Waals surface area contributed by atoms with Gasteiger partial charge in [0.1, 0.15) is 3.23 Å². The quantitative estimate of drug-likeness (QED) is 0.516. The number of hydrogen-bond acceptors (Lipinski definition) is 2. The molecule has 96 valence electrons. The Morgan fingerprint density at radius 1 is 1.00 bits per heavy atom. The second kappa shape index (κ2) is 5.25. The van der Waals surface area contributed by atoms with Crippen LogP contribution in [0.2, 0.25) is 0 Å². The summed E-state index contributed by atoms with van der Waals surface area (Å²) < 4.78 is 11.2. The molecule has 16 heavy (non-hydrogen) atoms. The Morgan fingerprint density at radius 3 is 1.69 bits per heavy atom. The van der Waals surface area contributed by atoms with Crippen LogP contribution in [0.25, 0.3) is 0 Å². The van der Waals surface area contributed by atoms with E-state index in [1.165, 1.54) is 0 Å². The fourth-order valence-electron chi connectivity index (χ4n) is 3.34. The van der Waals surface area contributed by atoms with Crippen molar-refractivity contribution in [3.63, 3.8) is 0 Å². The Hall–Kier alpha value is 0.880. The van der Waals surface area contributed by atoms with Crippen LogP contribution >= 0.6 is 31.9 Å². The lowest BCUT2D eigenvalue weighted by atomic mass is 9.58. The first-order chi connectivity index (χ1) is 7.45. The van der Waals surface area contributed by atoms with Gasteiger partial charge in [-0.3, -0.25) is 0 Å². The van der Waals surface area contributed by atoms with Crippen LogP contribution in [0.1, 0.15) is 46.0 Å². The van der Waals surface area contributed by atoms with Gasteiger partial charge in [0.05, 0.1) is 0 Å². The van der Waals surface area contributed by atoms with Gasteiger partial charge in [0.25, 0.3) is 0 Å². The third-order valence-electron chi connectivity index (χ3n) is 3.77. The third kappa shape index (κ3) is 1.90. The molecule has 0 aromatic carbocycles. The zero-order valence-electron chi connectivity index (χ0n) is 10.6. The number of halogens is 2. The predicted octanol–water partition coefficient (Wildman–Crippen LogP) is 4.45. The van der Waals surface area contributed by atoms with Crippen molar-refractivity contribution >= 4 is 31.9 Å². The molecule has 0 heterocycles. The molecule has 1 aliphatic carbocycles. The number of alkyl halides is 2. The molecule has 1 saturated carbocycles. The molecule has 0 atom stereocenters. The molecule has 2 nitrogen and oxygen atoms in total. The van der Waals surface area contributed by atoms with Crippen LogP contribution in [0, 0.1) is 5.41 Å². The van der Waals surface area contributed by atoms with E-state index in [1.54, 1.807) is 14.2 Å². The van der Waals surface area contributed by atoms with Gasteiger partial charge in [-0.05, 0) is 19.3 Å². The molecule has 4 heteroatoms. The highest BCUT2D eigenvalue weighted by Gasteiger charge is 2.73. The van der Waals surface area contributed by atoms with Crippen LogP contribution < -0.4 is 0 Å². The first-order valence-electron chi connectivity index (χ1n) is 5.93. The van der Waals surface area contributed by atoms with Crippen LogP contribution in [0.3, 0.4) is 0 Å². The van der Waals surface area contributed by atoms with Crippen molar-refractivity contribution in [1.29, 1.82) is 0 Å². The van der Waals surface area contributed by atoms with Gasteiger partial charge < -0.3 is 9.47 Å². The molecule has 0 spiro atoms. The highest BCUT2D eigenvalue weighted by Crippen LogP contribution is 2.69. The Kier molecular flexibility index (Phi) is 4.90. The first kappa shape index (κ1) is 14.9. The lowest BCUT2D eigenvalue weighted by Gasteiger charge is -2.64. The van der Waals surface area contributed by atoms with E-state index in [4.69, 9.17) is 9.47 Å². The van der Waals surface area contributed by atoms with Crippen molar-refractivity contribution in [2.75, 3.05) is 14.2 Å². The molecular weight excluding hydrogens is 336 g/mol. The summed E-state index contributed by atoms with van der Waals surface area (Å²) in [6.45, 7) is 4.44. The smallest absolute Gasteiger partial charge is 0.198 e. The summed E-state index contributed by atoms with van der Waals surface area (Å²) in [5.41, 5.74) is 0.132. The molecule has 0 aromatic rings. The second-order valence-electron chi connectivity index (χ2n) is 4.69. The zero-order chi connectivity index (χ0) is 12.4. The van der Waals surface area contributed by atoms with Gasteiger partial charge in [0.15, 0.2) is 5.79 Å².